The van der Waals surface area contributed by atoms with E-state index in [9.17, 15) is 14.3 Å². The van der Waals surface area contributed by atoms with E-state index in [4.69, 9.17) is 4.74 Å². The van der Waals surface area contributed by atoms with Gasteiger partial charge in [-0.15, -0.1) is 0 Å². The van der Waals surface area contributed by atoms with Crippen molar-refractivity contribution in [2.24, 2.45) is 5.92 Å². The fourth-order valence-corrected chi connectivity index (χ4v) is 2.71. The van der Waals surface area contributed by atoms with Crippen LogP contribution in [-0.4, -0.2) is 49.4 Å². The summed E-state index contributed by atoms with van der Waals surface area (Å²) in [5.74, 6) is -0.138. The van der Waals surface area contributed by atoms with Crippen molar-refractivity contribution in [2.45, 2.75) is 18.9 Å². The fourth-order valence-electron chi connectivity index (χ4n) is 2.71. The molecule has 122 valence electrons. The predicted octanol–water partition coefficient (Wildman–Crippen LogP) is 1.93. The third-order valence-corrected chi connectivity index (χ3v) is 4.03. The van der Waals surface area contributed by atoms with E-state index in [0.29, 0.717) is 19.6 Å². The number of methoxy groups -OCH3 is 1. The lowest BCUT2D eigenvalue weighted by atomic mass is 9.99. The van der Waals surface area contributed by atoms with Gasteiger partial charge in [0.1, 0.15) is 5.82 Å². The second kappa shape index (κ2) is 8.10. The van der Waals surface area contributed by atoms with Gasteiger partial charge in [-0.25, -0.2) is 9.18 Å². The second-order valence-electron chi connectivity index (χ2n) is 5.60. The first-order chi connectivity index (χ1) is 10.6. The summed E-state index contributed by atoms with van der Waals surface area (Å²) in [6.45, 7) is 1.72. The smallest absolute Gasteiger partial charge is 0.317 e. The topological polar surface area (TPSA) is 61.8 Å². The molecule has 2 amide bonds. The van der Waals surface area contributed by atoms with E-state index in [1.54, 1.807) is 24.1 Å². The Balaban J connectivity index is 1.87. The van der Waals surface area contributed by atoms with Crippen LogP contribution < -0.4 is 5.32 Å². The summed E-state index contributed by atoms with van der Waals surface area (Å²) in [5, 5.41) is 12.1. The van der Waals surface area contributed by atoms with Crippen molar-refractivity contribution in [1.82, 2.24) is 10.2 Å². The zero-order valence-electron chi connectivity index (χ0n) is 12.8. The lowest BCUT2D eigenvalue weighted by Gasteiger charge is -2.32. The van der Waals surface area contributed by atoms with E-state index >= 15 is 0 Å². The van der Waals surface area contributed by atoms with Gasteiger partial charge in [0.2, 0.25) is 0 Å². The lowest BCUT2D eigenvalue weighted by Crippen LogP contribution is -2.47. The van der Waals surface area contributed by atoms with Crippen LogP contribution in [0.15, 0.2) is 24.3 Å². The van der Waals surface area contributed by atoms with Crippen molar-refractivity contribution in [3.8, 4) is 0 Å². The van der Waals surface area contributed by atoms with Crippen molar-refractivity contribution >= 4 is 6.03 Å². The van der Waals surface area contributed by atoms with Crippen LogP contribution in [0.5, 0.6) is 0 Å². The maximum atomic E-state index is 12.9. The number of nitrogens with one attached hydrogen (secondary N) is 1. The standard InChI is InChI=1S/C16H23FN2O3/c1-22-15(13-4-6-14(17)7-5-13)9-18-16(21)19-8-2-3-12(10-19)11-20/h4-7,12,15,20H,2-3,8-11H2,1H3,(H,18,21). The van der Waals surface area contributed by atoms with Crippen LogP contribution >= 0.6 is 0 Å². The lowest BCUT2D eigenvalue weighted by molar-refractivity contribution is 0.0965. The third kappa shape index (κ3) is 4.42. The zero-order valence-corrected chi connectivity index (χ0v) is 12.8. The van der Waals surface area contributed by atoms with Gasteiger partial charge in [0.25, 0.3) is 0 Å². The van der Waals surface area contributed by atoms with Gasteiger partial charge in [0.05, 0.1) is 6.10 Å². The molecule has 1 aliphatic heterocycles. The Labute approximate surface area is 130 Å². The van der Waals surface area contributed by atoms with Crippen LogP contribution in [0.3, 0.4) is 0 Å². The fraction of sp³-hybridized carbons (Fsp3) is 0.562. The molecule has 5 nitrogen and oxygen atoms in total. The highest BCUT2D eigenvalue weighted by Gasteiger charge is 2.23. The van der Waals surface area contributed by atoms with E-state index in [1.807, 2.05) is 0 Å². The molecular weight excluding hydrogens is 287 g/mol. The van der Waals surface area contributed by atoms with E-state index < -0.39 is 0 Å². The quantitative estimate of drug-likeness (QED) is 0.873. The molecule has 1 aromatic rings. The number of halogens is 1. The number of urea groups is 1. The van der Waals surface area contributed by atoms with Crippen LogP contribution in [0.1, 0.15) is 24.5 Å². The molecule has 0 saturated carbocycles. The van der Waals surface area contributed by atoms with E-state index in [2.05, 4.69) is 5.32 Å². The van der Waals surface area contributed by atoms with Gasteiger partial charge >= 0.3 is 6.03 Å². The first-order valence-corrected chi connectivity index (χ1v) is 7.56. The molecule has 2 unspecified atom stereocenters. The van der Waals surface area contributed by atoms with Gasteiger partial charge in [-0.2, -0.15) is 0 Å². The number of hydrogen-bond donors (Lipinski definition) is 2. The number of benzene rings is 1. The summed E-state index contributed by atoms with van der Waals surface area (Å²) in [4.78, 5) is 13.9. The van der Waals surface area contributed by atoms with E-state index in [-0.39, 0.29) is 30.5 Å². The molecule has 0 spiro atoms. The zero-order chi connectivity index (χ0) is 15.9. The number of aliphatic hydroxyl groups excluding tert-OH is 1. The van der Waals surface area contributed by atoms with Gasteiger partial charge in [0, 0.05) is 33.4 Å². The number of hydrogen-bond acceptors (Lipinski definition) is 3. The first-order valence-electron chi connectivity index (χ1n) is 7.56. The number of amides is 2. The van der Waals surface area contributed by atoms with Crippen molar-refractivity contribution < 1.29 is 19.0 Å². The molecule has 2 atom stereocenters. The molecule has 1 saturated heterocycles. The number of carbonyl (C=O) groups excluding carboxylic acids is 1. The van der Waals surface area contributed by atoms with Crippen molar-refractivity contribution in [2.75, 3.05) is 33.4 Å². The van der Waals surface area contributed by atoms with Gasteiger partial charge in [0.15, 0.2) is 0 Å². The van der Waals surface area contributed by atoms with Crippen LogP contribution in [0.2, 0.25) is 0 Å². The molecule has 0 bridgehead atoms. The molecule has 1 heterocycles. The van der Waals surface area contributed by atoms with Crippen LogP contribution in [0.4, 0.5) is 9.18 Å². The molecule has 0 radical (unpaired) electrons. The minimum atomic E-state index is -0.317. The molecule has 0 aromatic heterocycles. The average molecular weight is 310 g/mol. The average Bonchev–Trinajstić information content (AvgIpc) is 2.56. The van der Waals surface area contributed by atoms with Crippen molar-refractivity contribution in [3.05, 3.63) is 35.6 Å². The summed E-state index contributed by atoms with van der Waals surface area (Å²) in [5.41, 5.74) is 0.816. The summed E-state index contributed by atoms with van der Waals surface area (Å²) in [6, 6.07) is 5.90. The van der Waals surface area contributed by atoms with Crippen molar-refractivity contribution in [3.63, 3.8) is 0 Å². The Morgan fingerprint density at radius 1 is 1.50 bits per heavy atom. The van der Waals surface area contributed by atoms with Crippen LogP contribution in [-0.2, 0) is 4.74 Å². The summed E-state index contributed by atoms with van der Waals surface area (Å²) in [7, 11) is 1.56. The molecule has 6 heteroatoms. The number of nitrogens with zero attached hydrogens (tertiary/aromatic N) is 1. The summed E-state index contributed by atoms with van der Waals surface area (Å²) >= 11 is 0. The minimum Gasteiger partial charge on any atom is -0.396 e. The molecule has 1 aliphatic rings. The molecule has 1 aromatic carbocycles. The third-order valence-electron chi connectivity index (χ3n) is 4.03. The molecule has 2 rings (SSSR count). The molecule has 2 N–H and O–H groups in total. The predicted molar refractivity (Wildman–Crippen MR) is 80.9 cm³/mol. The van der Waals surface area contributed by atoms with Crippen LogP contribution in [0.25, 0.3) is 0 Å². The summed E-state index contributed by atoms with van der Waals surface area (Å²) < 4.78 is 18.3. The van der Waals surface area contributed by atoms with Gasteiger partial charge in [-0.3, -0.25) is 0 Å². The van der Waals surface area contributed by atoms with Gasteiger partial charge in [-0.1, -0.05) is 12.1 Å². The monoisotopic (exact) mass is 310 g/mol. The number of rotatable bonds is 5. The molecule has 0 aliphatic carbocycles. The highest BCUT2D eigenvalue weighted by atomic mass is 19.1. The second-order valence-corrected chi connectivity index (χ2v) is 5.60. The Kier molecular flexibility index (Phi) is 6.15. The van der Waals surface area contributed by atoms with Gasteiger partial charge < -0.3 is 20.1 Å². The van der Waals surface area contributed by atoms with Gasteiger partial charge in [-0.05, 0) is 36.5 Å². The Bertz CT molecular complexity index is 481. The number of ether oxygens (including phenoxy) is 1. The van der Waals surface area contributed by atoms with Crippen molar-refractivity contribution in [1.29, 1.82) is 0 Å². The van der Waals surface area contributed by atoms with Crippen LogP contribution in [0, 0.1) is 11.7 Å². The largest absolute Gasteiger partial charge is 0.396 e. The normalized spacial score (nSPS) is 19.8. The Morgan fingerprint density at radius 3 is 2.86 bits per heavy atom. The highest BCUT2D eigenvalue weighted by molar-refractivity contribution is 5.74. The maximum absolute atomic E-state index is 12.9. The first kappa shape index (κ1) is 16.7. The number of aliphatic hydroxyl groups is 1. The minimum absolute atomic E-state index is 0.111. The van der Waals surface area contributed by atoms with E-state index in [0.717, 1.165) is 18.4 Å². The number of carbonyl (C=O) groups is 1. The molecular formula is C16H23FN2O3. The molecule has 1 fully saturated rings. The number of likely N-dealkylation sites (tertiary alicyclic amines) is 1. The SMILES string of the molecule is COC(CNC(=O)N1CCCC(CO)C1)c1ccc(F)cc1. The highest BCUT2D eigenvalue weighted by Crippen LogP contribution is 2.18. The van der Waals surface area contributed by atoms with E-state index in [1.165, 1.54) is 12.1 Å². The number of piperidine rings is 1. The Hall–Kier alpha value is -1.66. The Morgan fingerprint density at radius 2 is 2.23 bits per heavy atom. The molecule has 22 heavy (non-hydrogen) atoms. The maximum Gasteiger partial charge on any atom is 0.317 e. The summed E-state index contributed by atoms with van der Waals surface area (Å²) in [6.07, 6.45) is 1.55.